The zero-order valence-corrected chi connectivity index (χ0v) is 14.9. The van der Waals surface area contributed by atoms with Gasteiger partial charge in [-0.15, -0.1) is 0 Å². The van der Waals surface area contributed by atoms with Crippen LogP contribution in [-0.4, -0.2) is 23.1 Å². The van der Waals surface area contributed by atoms with Crippen molar-refractivity contribution in [3.63, 3.8) is 0 Å². The monoisotopic (exact) mass is 346 g/mol. The molecule has 0 saturated heterocycles. The third-order valence-corrected chi connectivity index (χ3v) is 8.71. The summed E-state index contributed by atoms with van der Waals surface area (Å²) in [6.07, 6.45) is 3.24. The van der Waals surface area contributed by atoms with Gasteiger partial charge in [0.25, 0.3) is 0 Å². The first-order valence-corrected chi connectivity index (χ1v) is 9.37. The van der Waals surface area contributed by atoms with Crippen molar-refractivity contribution < 1.29 is 24.9 Å². The number of carboxylic acid groups (broad SMARTS) is 2. The smallest absolute Gasteiger partial charge is 0.0649 e. The third kappa shape index (κ3) is 1.78. The quantitative estimate of drug-likeness (QED) is 0.723. The molecule has 0 heterocycles. The number of aliphatic hydroxyl groups excluding tert-OH is 1. The average molecular weight is 346 g/mol. The highest BCUT2D eigenvalue weighted by Crippen LogP contribution is 2.77. The Morgan fingerprint density at radius 1 is 1.20 bits per heavy atom. The van der Waals surface area contributed by atoms with Gasteiger partial charge in [-0.05, 0) is 67.1 Å². The summed E-state index contributed by atoms with van der Waals surface area (Å²) in [5.74, 6) is -3.59. The molecule has 0 unspecified atom stereocenters. The third-order valence-electron chi connectivity index (χ3n) is 8.71. The van der Waals surface area contributed by atoms with Gasteiger partial charge < -0.3 is 24.9 Å². The molecule has 0 aliphatic heterocycles. The molecular weight excluding hydrogens is 320 g/mol. The van der Waals surface area contributed by atoms with Crippen molar-refractivity contribution in [2.75, 3.05) is 0 Å². The van der Waals surface area contributed by atoms with Gasteiger partial charge in [-0.25, -0.2) is 0 Å². The Labute approximate surface area is 148 Å². The summed E-state index contributed by atoms with van der Waals surface area (Å²) in [4.78, 5) is 24.4. The van der Waals surface area contributed by atoms with Crippen molar-refractivity contribution in [1.29, 1.82) is 0 Å². The molecule has 0 radical (unpaired) electrons. The summed E-state index contributed by atoms with van der Waals surface area (Å²) in [5.41, 5.74) is -1.37. The lowest BCUT2D eigenvalue weighted by Crippen LogP contribution is -2.61. The Hall–Kier alpha value is -1.36. The van der Waals surface area contributed by atoms with E-state index in [0.717, 1.165) is 24.8 Å². The van der Waals surface area contributed by atoms with Gasteiger partial charge in [0.15, 0.2) is 0 Å². The van der Waals surface area contributed by atoms with Crippen LogP contribution in [0.5, 0.6) is 0 Å². The highest BCUT2D eigenvalue weighted by Gasteiger charge is 2.73. The van der Waals surface area contributed by atoms with Crippen LogP contribution in [0.3, 0.4) is 0 Å². The number of hydrogen-bond acceptors (Lipinski definition) is 5. The molecule has 138 valence electrons. The second kappa shape index (κ2) is 4.87. The van der Waals surface area contributed by atoms with Gasteiger partial charge >= 0.3 is 0 Å². The van der Waals surface area contributed by atoms with Crippen molar-refractivity contribution in [2.45, 2.75) is 58.5 Å². The van der Waals surface area contributed by atoms with Crippen molar-refractivity contribution in [2.24, 2.45) is 39.9 Å². The molecule has 0 aromatic rings. The van der Waals surface area contributed by atoms with Crippen LogP contribution in [0.2, 0.25) is 0 Å². The zero-order valence-electron chi connectivity index (χ0n) is 14.9. The standard InChI is InChI=1S/C20H28O5/c1-10-8-20-9-11(10)4-5-12(20)18(2)7-6-13(21)19(3,17(24)25)15(18)14(20)16(22)23/h11-15,21H,1,4-9H2,2-3H3,(H,22,23)(H,24,25)/p-2/t11-,12+,13+,14-,15+,18+,19-,20+/m1/s1. The minimum atomic E-state index is -1.57. The molecule has 25 heavy (non-hydrogen) atoms. The van der Waals surface area contributed by atoms with Gasteiger partial charge in [0.2, 0.25) is 0 Å². The Morgan fingerprint density at radius 2 is 1.88 bits per heavy atom. The van der Waals surface area contributed by atoms with E-state index in [9.17, 15) is 24.9 Å². The second-order valence-corrected chi connectivity index (χ2v) is 9.50. The van der Waals surface area contributed by atoms with Crippen LogP contribution >= 0.6 is 0 Å². The Morgan fingerprint density at radius 3 is 2.48 bits per heavy atom. The highest BCUT2D eigenvalue weighted by molar-refractivity contribution is 5.78. The SMILES string of the molecule is C=C1C[C@]23C[C@H]1CC[C@H]2[C@]1(C)CC[C@H](O)[C@@](C)(C(=O)[O-])[C@H]1[C@@H]3C(=O)[O-]. The Bertz CT molecular complexity index is 671. The van der Waals surface area contributed by atoms with Gasteiger partial charge in [-0.3, -0.25) is 0 Å². The zero-order chi connectivity index (χ0) is 18.4. The molecule has 5 nitrogen and oxygen atoms in total. The molecule has 4 aliphatic carbocycles. The van der Waals surface area contributed by atoms with E-state index in [-0.39, 0.29) is 5.92 Å². The lowest BCUT2D eigenvalue weighted by molar-refractivity contribution is -0.336. The van der Waals surface area contributed by atoms with Crippen LogP contribution in [-0.2, 0) is 9.59 Å². The molecule has 2 bridgehead atoms. The molecule has 0 amide bonds. The summed E-state index contributed by atoms with van der Waals surface area (Å²) >= 11 is 0. The number of aliphatic hydroxyl groups is 1. The van der Waals surface area contributed by atoms with Crippen molar-refractivity contribution in [3.05, 3.63) is 12.2 Å². The molecule has 5 heteroatoms. The fourth-order valence-electron chi connectivity index (χ4n) is 7.79. The normalized spacial score (nSPS) is 54.0. The number of hydrogen-bond donors (Lipinski definition) is 1. The molecule has 4 fully saturated rings. The molecule has 4 rings (SSSR count). The largest absolute Gasteiger partial charge is 0.550 e. The van der Waals surface area contributed by atoms with Gasteiger partial charge in [0, 0.05) is 17.3 Å². The van der Waals surface area contributed by atoms with Gasteiger partial charge in [-0.2, -0.15) is 0 Å². The Balaban J connectivity index is 1.94. The van der Waals surface area contributed by atoms with E-state index < -0.39 is 46.1 Å². The average Bonchev–Trinajstić information content (AvgIpc) is 2.91. The van der Waals surface area contributed by atoms with Gasteiger partial charge in [0.05, 0.1) is 12.1 Å². The first kappa shape index (κ1) is 17.1. The van der Waals surface area contributed by atoms with E-state index in [4.69, 9.17) is 0 Å². The maximum Gasteiger partial charge on any atom is 0.0649 e. The minimum absolute atomic E-state index is 0.134. The van der Waals surface area contributed by atoms with E-state index in [1.165, 1.54) is 6.92 Å². The van der Waals surface area contributed by atoms with Crippen LogP contribution in [0.4, 0.5) is 0 Å². The molecule has 1 spiro atoms. The van der Waals surface area contributed by atoms with Crippen molar-refractivity contribution >= 4 is 11.9 Å². The second-order valence-electron chi connectivity index (χ2n) is 9.50. The van der Waals surface area contributed by atoms with Gasteiger partial charge in [-0.1, -0.05) is 26.0 Å². The number of fused-ring (bicyclic) bond motifs is 3. The first-order valence-electron chi connectivity index (χ1n) is 9.37. The highest BCUT2D eigenvalue weighted by atomic mass is 16.4. The summed E-state index contributed by atoms with van der Waals surface area (Å²) in [5, 5.41) is 35.0. The lowest BCUT2D eigenvalue weighted by Gasteiger charge is -2.55. The molecule has 4 aliphatic rings. The Kier molecular flexibility index (Phi) is 3.33. The van der Waals surface area contributed by atoms with Crippen LogP contribution in [0.25, 0.3) is 0 Å². The predicted octanol–water partition coefficient (Wildman–Crippen LogP) is 0.262. The molecule has 8 atom stereocenters. The fourth-order valence-corrected chi connectivity index (χ4v) is 7.79. The summed E-state index contributed by atoms with van der Waals surface area (Å²) < 4.78 is 0. The number of rotatable bonds is 2. The summed E-state index contributed by atoms with van der Waals surface area (Å²) in [6.45, 7) is 7.71. The van der Waals surface area contributed by atoms with E-state index in [0.29, 0.717) is 25.2 Å². The van der Waals surface area contributed by atoms with E-state index >= 15 is 0 Å². The van der Waals surface area contributed by atoms with E-state index in [1.54, 1.807) is 0 Å². The number of aliphatic carboxylic acids is 2. The lowest BCUT2D eigenvalue weighted by atomic mass is 9.52. The summed E-state index contributed by atoms with van der Waals surface area (Å²) in [6, 6.07) is 0. The molecular formula is C20H26O5-2. The maximum atomic E-state index is 12.3. The van der Waals surface area contributed by atoms with Crippen LogP contribution in [0.15, 0.2) is 12.2 Å². The van der Waals surface area contributed by atoms with Crippen molar-refractivity contribution in [3.8, 4) is 0 Å². The van der Waals surface area contributed by atoms with Crippen LogP contribution < -0.4 is 10.2 Å². The molecule has 0 aromatic carbocycles. The number of carboxylic acids is 2. The predicted molar refractivity (Wildman–Crippen MR) is 85.5 cm³/mol. The number of allylic oxidation sites excluding steroid dienone is 1. The van der Waals surface area contributed by atoms with Gasteiger partial charge in [0.1, 0.15) is 0 Å². The topological polar surface area (TPSA) is 100 Å². The molecule has 0 aromatic heterocycles. The first-order chi connectivity index (χ1) is 11.6. The molecule has 4 saturated carbocycles. The van der Waals surface area contributed by atoms with Crippen LogP contribution in [0, 0.1) is 39.9 Å². The van der Waals surface area contributed by atoms with Crippen molar-refractivity contribution in [1.82, 2.24) is 0 Å². The number of carbonyl (C=O) groups excluding carboxylic acids is 2. The van der Waals surface area contributed by atoms with E-state index in [2.05, 4.69) is 6.58 Å². The summed E-state index contributed by atoms with van der Waals surface area (Å²) in [7, 11) is 0. The molecule has 1 N–H and O–H groups in total. The van der Waals surface area contributed by atoms with Crippen LogP contribution in [0.1, 0.15) is 52.4 Å². The number of carbonyl (C=O) groups is 2. The maximum absolute atomic E-state index is 12.3. The fraction of sp³-hybridized carbons (Fsp3) is 0.800. The van der Waals surface area contributed by atoms with E-state index in [1.807, 2.05) is 6.92 Å². The minimum Gasteiger partial charge on any atom is -0.550 e.